The summed E-state index contributed by atoms with van der Waals surface area (Å²) < 4.78 is 40.1. The van der Waals surface area contributed by atoms with E-state index in [1.54, 1.807) is 0 Å². The number of ether oxygens (including phenoxy) is 7. The van der Waals surface area contributed by atoms with Crippen molar-refractivity contribution in [3.63, 3.8) is 0 Å². The predicted octanol–water partition coefficient (Wildman–Crippen LogP) is 13.8. The van der Waals surface area contributed by atoms with Gasteiger partial charge in [-0.2, -0.15) is 0 Å². The molecule has 1 amide bonds. The molecule has 1 aliphatic rings. The average molecular weight is 1120 g/mol. The highest BCUT2D eigenvalue weighted by molar-refractivity contribution is 5.73. The molecule has 0 unspecified atom stereocenters. The molecule has 0 bridgehead atoms. The van der Waals surface area contributed by atoms with Crippen LogP contribution in [-0.2, 0) is 61.9 Å². The molecule has 16 nitrogen and oxygen atoms in total. The number of amides is 1. The van der Waals surface area contributed by atoms with E-state index in [2.05, 4.69) is 27.7 Å². The zero-order valence-corrected chi connectivity index (χ0v) is 49.8. The van der Waals surface area contributed by atoms with Crippen LogP contribution in [0, 0.1) is 11.8 Å². The summed E-state index contributed by atoms with van der Waals surface area (Å²) in [7, 11) is 1.90. The minimum atomic E-state index is -0.650. The van der Waals surface area contributed by atoms with Gasteiger partial charge in [0.2, 0.25) is 0 Å². The number of hydrogen-bond donors (Lipinski definition) is 0. The van der Waals surface area contributed by atoms with Gasteiger partial charge >= 0.3 is 41.9 Å². The number of anilines is 1. The molecule has 16 heteroatoms. The van der Waals surface area contributed by atoms with Crippen molar-refractivity contribution in [3.05, 3.63) is 30.3 Å². The Morgan fingerprint density at radius 1 is 0.443 bits per heavy atom. The molecule has 0 spiro atoms. The summed E-state index contributed by atoms with van der Waals surface area (Å²) in [4.78, 5) is 96.0. The van der Waals surface area contributed by atoms with Crippen LogP contribution in [-0.4, -0.2) is 119 Å². The third-order valence-electron chi connectivity index (χ3n) is 14.6. The van der Waals surface area contributed by atoms with Gasteiger partial charge in [-0.15, -0.1) is 0 Å². The second-order valence-corrected chi connectivity index (χ2v) is 21.8. The Morgan fingerprint density at radius 2 is 0.772 bits per heavy atom. The molecule has 2 atom stereocenters. The third kappa shape index (κ3) is 36.2. The third-order valence-corrected chi connectivity index (χ3v) is 14.6. The van der Waals surface area contributed by atoms with E-state index in [1.165, 1.54) is 4.90 Å². The molecule has 0 N–H and O–H groups in total. The smallest absolute Gasteiger partial charge is 0.410 e. The summed E-state index contributed by atoms with van der Waals surface area (Å²) in [5.74, 6) is -3.99. The van der Waals surface area contributed by atoms with Gasteiger partial charge in [-0.1, -0.05) is 174 Å². The Balaban J connectivity index is 2.18. The standard InChI is InChI=1S/C63H106N2O14/c1-6-10-14-18-22-29-38-57(66)74-46-52(47-75-58(67)39-30-23-19-15-11-7-2)44-61(70)78-50-55-36-33-37-56(65(55)63(72)73-43-42-64(5)54-34-27-26-28-35-54)51-79-62(71)45-53(48-76-59(68)40-31-24-20-16-12-8-3)49-77-60(69)41-32-25-21-17-13-9-4/h26-28,34-35,52-53,55-56H,6-25,29-33,36-51H2,1-5H3/t55-,56+. The van der Waals surface area contributed by atoms with Crippen LogP contribution in [0.4, 0.5) is 10.5 Å². The number of unbranched alkanes of at least 4 members (excludes halogenated alkanes) is 20. The highest BCUT2D eigenvalue weighted by Crippen LogP contribution is 2.26. The number of carbonyl (C=O) groups is 7. The second-order valence-electron chi connectivity index (χ2n) is 21.8. The molecular formula is C63H106N2O14. The maximum absolute atomic E-state index is 14.2. The van der Waals surface area contributed by atoms with Crippen molar-refractivity contribution < 1.29 is 66.7 Å². The van der Waals surface area contributed by atoms with Gasteiger partial charge in [0.25, 0.3) is 0 Å². The fraction of sp³-hybridized carbons (Fsp3) is 0.794. The fourth-order valence-electron chi connectivity index (χ4n) is 9.58. The summed E-state index contributed by atoms with van der Waals surface area (Å²) in [5, 5.41) is 0. The van der Waals surface area contributed by atoms with Crippen LogP contribution in [0.1, 0.15) is 240 Å². The number of piperidine rings is 1. The van der Waals surface area contributed by atoms with Crippen molar-refractivity contribution in [2.24, 2.45) is 11.8 Å². The highest BCUT2D eigenvalue weighted by Gasteiger charge is 2.37. The van der Waals surface area contributed by atoms with Crippen LogP contribution >= 0.6 is 0 Å². The van der Waals surface area contributed by atoms with Gasteiger partial charge in [0.15, 0.2) is 0 Å². The number of likely N-dealkylation sites (N-methyl/N-ethyl adjacent to an activating group) is 1. The van der Waals surface area contributed by atoms with E-state index < -0.39 is 42.0 Å². The van der Waals surface area contributed by atoms with E-state index in [4.69, 9.17) is 33.2 Å². The van der Waals surface area contributed by atoms with Gasteiger partial charge in [-0.25, -0.2) is 4.79 Å². The first-order valence-electron chi connectivity index (χ1n) is 31.0. The first-order chi connectivity index (χ1) is 38.4. The lowest BCUT2D eigenvalue weighted by Crippen LogP contribution is -2.54. The van der Waals surface area contributed by atoms with Gasteiger partial charge in [0.1, 0.15) is 19.8 Å². The fourth-order valence-corrected chi connectivity index (χ4v) is 9.58. The van der Waals surface area contributed by atoms with Crippen LogP contribution in [0.3, 0.4) is 0 Å². The van der Waals surface area contributed by atoms with E-state index in [-0.39, 0.29) is 109 Å². The van der Waals surface area contributed by atoms with Crippen LogP contribution in [0.5, 0.6) is 0 Å². The Labute approximate surface area is 476 Å². The molecule has 452 valence electrons. The van der Waals surface area contributed by atoms with E-state index in [0.29, 0.717) is 51.5 Å². The number of benzene rings is 1. The van der Waals surface area contributed by atoms with Gasteiger partial charge in [0.05, 0.1) is 57.9 Å². The van der Waals surface area contributed by atoms with Crippen LogP contribution in [0.25, 0.3) is 0 Å². The number of rotatable bonds is 48. The summed E-state index contributed by atoms with van der Waals surface area (Å²) in [5.41, 5.74) is 0.947. The second kappa shape index (κ2) is 46.8. The lowest BCUT2D eigenvalue weighted by atomic mass is 9.96. The first-order valence-corrected chi connectivity index (χ1v) is 31.0. The Kier molecular flexibility index (Phi) is 41.6. The molecule has 0 saturated carbocycles. The molecule has 0 radical (unpaired) electrons. The largest absolute Gasteiger partial charge is 0.465 e. The molecule has 1 aromatic rings. The van der Waals surface area contributed by atoms with Crippen molar-refractivity contribution in [3.8, 4) is 0 Å². The van der Waals surface area contributed by atoms with Crippen molar-refractivity contribution in [2.75, 3.05) is 64.7 Å². The van der Waals surface area contributed by atoms with Gasteiger partial charge in [-0.05, 0) is 57.1 Å². The monoisotopic (exact) mass is 1110 g/mol. The molecule has 1 aliphatic heterocycles. The summed E-state index contributed by atoms with van der Waals surface area (Å²) in [6, 6.07) is 8.43. The number of nitrogens with zero attached hydrogens (tertiary/aromatic N) is 2. The quantitative estimate of drug-likeness (QED) is 0.0340. The van der Waals surface area contributed by atoms with E-state index in [9.17, 15) is 33.6 Å². The Bertz CT molecular complexity index is 1620. The SMILES string of the molecule is CCCCCCCCC(=O)OCC(COC(=O)CCCCCCCC)CC(=O)OC[C@H]1CCC[C@@H](COC(=O)CC(COC(=O)CCCCCCCC)COC(=O)CCCCCCCC)N1C(=O)OCCN(C)c1ccccc1. The van der Waals surface area contributed by atoms with E-state index in [0.717, 1.165) is 134 Å². The number of hydrogen-bond acceptors (Lipinski definition) is 15. The predicted molar refractivity (Wildman–Crippen MR) is 308 cm³/mol. The number of likely N-dealkylation sites (tertiary alicyclic amines) is 1. The zero-order chi connectivity index (χ0) is 57.6. The van der Waals surface area contributed by atoms with Crippen LogP contribution < -0.4 is 4.90 Å². The maximum atomic E-state index is 14.2. The van der Waals surface area contributed by atoms with Crippen LogP contribution in [0.2, 0.25) is 0 Å². The highest BCUT2D eigenvalue weighted by atomic mass is 16.6. The molecule has 79 heavy (non-hydrogen) atoms. The molecule has 1 fully saturated rings. The van der Waals surface area contributed by atoms with Gasteiger partial charge in [-0.3, -0.25) is 33.7 Å². The van der Waals surface area contributed by atoms with Gasteiger partial charge < -0.3 is 38.1 Å². The molecule has 0 aliphatic carbocycles. The van der Waals surface area contributed by atoms with Crippen LogP contribution in [0.15, 0.2) is 30.3 Å². The first kappa shape index (κ1) is 70.2. The lowest BCUT2D eigenvalue weighted by molar-refractivity contribution is -0.157. The Hall–Kier alpha value is -4.89. The summed E-state index contributed by atoms with van der Waals surface area (Å²) in [6.07, 6.45) is 26.0. The van der Waals surface area contributed by atoms with Gasteiger partial charge in [0, 0.05) is 50.3 Å². The zero-order valence-electron chi connectivity index (χ0n) is 49.8. The molecule has 1 heterocycles. The molecular weight excluding hydrogens is 1010 g/mol. The number of esters is 6. The number of carbonyl (C=O) groups excluding carboxylic acids is 7. The maximum Gasteiger partial charge on any atom is 0.410 e. The van der Waals surface area contributed by atoms with Crippen molar-refractivity contribution in [1.82, 2.24) is 4.90 Å². The topological polar surface area (TPSA) is 191 Å². The summed E-state index contributed by atoms with van der Waals surface area (Å²) in [6.45, 7) is 8.23. The molecule has 1 aromatic carbocycles. The minimum absolute atomic E-state index is 0.0490. The van der Waals surface area contributed by atoms with Crippen molar-refractivity contribution in [2.45, 2.75) is 252 Å². The summed E-state index contributed by atoms with van der Waals surface area (Å²) >= 11 is 0. The average Bonchev–Trinajstić information content (AvgIpc) is 3.44. The molecule has 1 saturated heterocycles. The van der Waals surface area contributed by atoms with E-state index >= 15 is 0 Å². The normalized spacial score (nSPS) is 14.2. The Morgan fingerprint density at radius 3 is 1.11 bits per heavy atom. The number of para-hydroxylation sites is 1. The minimum Gasteiger partial charge on any atom is -0.465 e. The van der Waals surface area contributed by atoms with E-state index in [1.807, 2.05) is 42.3 Å². The molecule has 0 aromatic heterocycles. The van der Waals surface area contributed by atoms with Crippen molar-refractivity contribution >= 4 is 47.6 Å². The lowest BCUT2D eigenvalue weighted by Gasteiger charge is -2.40. The van der Waals surface area contributed by atoms with Crippen molar-refractivity contribution in [1.29, 1.82) is 0 Å². The molecule has 2 rings (SSSR count).